The van der Waals surface area contributed by atoms with E-state index >= 15 is 0 Å². The molecule has 2 aliphatic rings. The van der Waals surface area contributed by atoms with Crippen LogP contribution in [0.3, 0.4) is 0 Å². The lowest BCUT2D eigenvalue weighted by atomic mass is 9.69. The third-order valence-electron chi connectivity index (χ3n) is 7.04. The highest BCUT2D eigenvalue weighted by molar-refractivity contribution is 8.00. The van der Waals surface area contributed by atoms with Crippen LogP contribution >= 0.6 is 11.8 Å². The van der Waals surface area contributed by atoms with E-state index in [1.165, 1.54) is 37.7 Å². The Morgan fingerprint density at radius 1 is 1.00 bits per heavy atom. The topological polar surface area (TPSA) is 64.1 Å². The summed E-state index contributed by atoms with van der Waals surface area (Å²) in [6.07, 6.45) is 10.5. The van der Waals surface area contributed by atoms with Crippen molar-refractivity contribution in [1.29, 1.82) is 0 Å². The summed E-state index contributed by atoms with van der Waals surface area (Å²) in [5.41, 5.74) is 1.39. The monoisotopic (exact) mass is 449 g/mol. The number of guanidine groups is 1. The first-order chi connectivity index (χ1) is 15.1. The first-order valence-corrected chi connectivity index (χ1v) is 12.6. The Labute approximate surface area is 191 Å². The zero-order chi connectivity index (χ0) is 22.2. The molecule has 31 heavy (non-hydrogen) atoms. The van der Waals surface area contributed by atoms with Gasteiger partial charge in [-0.25, -0.2) is 0 Å². The molecule has 1 aliphatic carbocycles. The predicted octanol–water partition coefficient (Wildman–Crippen LogP) is 3.98. The molecule has 1 aromatic carbocycles. The maximum absolute atomic E-state index is 5.59. The molecule has 0 atom stereocenters. The molecule has 3 rings (SSSR count). The van der Waals surface area contributed by atoms with Gasteiger partial charge >= 0.3 is 0 Å². The van der Waals surface area contributed by atoms with Crippen molar-refractivity contribution in [2.24, 2.45) is 4.99 Å². The summed E-state index contributed by atoms with van der Waals surface area (Å²) in [5, 5.41) is 7.25. The van der Waals surface area contributed by atoms with Crippen LogP contribution in [0.2, 0.25) is 0 Å². The Bertz CT molecular complexity index is 729. The molecule has 1 heterocycles. The van der Waals surface area contributed by atoms with E-state index in [1.807, 2.05) is 24.9 Å². The van der Waals surface area contributed by atoms with Crippen LogP contribution in [-0.2, 0) is 10.2 Å². The minimum absolute atomic E-state index is 0.0747. The van der Waals surface area contributed by atoms with E-state index in [-0.39, 0.29) is 10.2 Å². The fourth-order valence-corrected chi connectivity index (χ4v) is 5.67. The van der Waals surface area contributed by atoms with Crippen molar-refractivity contribution >= 4 is 17.7 Å². The summed E-state index contributed by atoms with van der Waals surface area (Å²) in [7, 11) is 5.25. The molecule has 0 radical (unpaired) electrons. The molecule has 0 aromatic heterocycles. The zero-order valence-corrected chi connectivity index (χ0v) is 20.4. The largest absolute Gasteiger partial charge is 0.493 e. The van der Waals surface area contributed by atoms with Crippen molar-refractivity contribution in [3.05, 3.63) is 23.8 Å². The number of hydrogen-bond acceptors (Lipinski definition) is 5. The average Bonchev–Trinajstić information content (AvgIpc) is 2.84. The lowest BCUT2D eigenvalue weighted by molar-refractivity contribution is 0.0782. The molecule has 2 fully saturated rings. The molecule has 1 aliphatic heterocycles. The Morgan fingerprint density at radius 3 is 2.29 bits per heavy atom. The summed E-state index contributed by atoms with van der Waals surface area (Å²) in [4.78, 5) is 4.52. The lowest BCUT2D eigenvalue weighted by Crippen LogP contribution is -2.50. The van der Waals surface area contributed by atoms with Crippen LogP contribution in [0.25, 0.3) is 0 Å². The quantitative estimate of drug-likeness (QED) is 0.462. The Balaban J connectivity index is 1.70. The summed E-state index contributed by atoms with van der Waals surface area (Å²) in [6, 6.07) is 6.40. The molecule has 0 spiro atoms. The number of rotatable bonds is 8. The van der Waals surface area contributed by atoms with Crippen LogP contribution in [0.4, 0.5) is 0 Å². The number of nitrogens with one attached hydrogen (secondary N) is 2. The van der Waals surface area contributed by atoms with E-state index in [9.17, 15) is 0 Å². The molecule has 1 saturated carbocycles. The van der Waals surface area contributed by atoms with Gasteiger partial charge in [0.1, 0.15) is 0 Å². The van der Waals surface area contributed by atoms with E-state index in [0.29, 0.717) is 0 Å². The van der Waals surface area contributed by atoms with Crippen molar-refractivity contribution in [2.45, 2.75) is 55.1 Å². The summed E-state index contributed by atoms with van der Waals surface area (Å²) >= 11 is 1.94. The van der Waals surface area contributed by atoms with Crippen molar-refractivity contribution in [3.63, 3.8) is 0 Å². The van der Waals surface area contributed by atoms with E-state index in [2.05, 4.69) is 34.0 Å². The van der Waals surface area contributed by atoms with Gasteiger partial charge in [-0.15, -0.1) is 0 Å². The van der Waals surface area contributed by atoms with Crippen LogP contribution in [0.5, 0.6) is 11.5 Å². The summed E-state index contributed by atoms with van der Waals surface area (Å²) in [5.74, 6) is 2.46. The van der Waals surface area contributed by atoms with Crippen LogP contribution in [-0.4, -0.2) is 64.5 Å². The third-order valence-corrected chi connectivity index (χ3v) is 8.46. The SMILES string of the molecule is CN=C(NCC1(SC)CCOCC1)NCC1(c2ccc(OC)c(OC)c2)CCCCC1. The van der Waals surface area contributed by atoms with Crippen LogP contribution in [0.15, 0.2) is 23.2 Å². The normalized spacial score (nSPS) is 20.7. The van der Waals surface area contributed by atoms with Gasteiger partial charge in [0, 0.05) is 43.5 Å². The maximum atomic E-state index is 5.59. The van der Waals surface area contributed by atoms with Gasteiger partial charge in [-0.1, -0.05) is 25.3 Å². The van der Waals surface area contributed by atoms with Crippen LogP contribution in [0.1, 0.15) is 50.5 Å². The predicted molar refractivity (Wildman–Crippen MR) is 130 cm³/mol. The molecule has 174 valence electrons. The highest BCUT2D eigenvalue weighted by atomic mass is 32.2. The molecule has 0 bridgehead atoms. The molecule has 6 nitrogen and oxygen atoms in total. The smallest absolute Gasteiger partial charge is 0.191 e. The van der Waals surface area contributed by atoms with Gasteiger partial charge in [-0.05, 0) is 49.6 Å². The van der Waals surface area contributed by atoms with Crippen molar-refractivity contribution in [3.8, 4) is 11.5 Å². The summed E-state index contributed by atoms with van der Waals surface area (Å²) in [6.45, 7) is 3.45. The molecule has 1 aromatic rings. The molecule has 1 saturated heterocycles. The highest BCUT2D eigenvalue weighted by Gasteiger charge is 2.35. The van der Waals surface area contributed by atoms with E-state index in [0.717, 1.165) is 56.6 Å². The van der Waals surface area contributed by atoms with Crippen molar-refractivity contribution < 1.29 is 14.2 Å². The number of aliphatic imine (C=N–C) groups is 1. The molecule has 0 amide bonds. The lowest BCUT2D eigenvalue weighted by Gasteiger charge is -2.39. The van der Waals surface area contributed by atoms with Gasteiger partial charge in [0.05, 0.1) is 14.2 Å². The number of benzene rings is 1. The standard InChI is InChI=1S/C24H39N3O3S/c1-25-22(27-18-24(31-4)12-14-30-15-13-24)26-17-23(10-6-5-7-11-23)19-8-9-20(28-2)21(16-19)29-3/h8-9,16H,5-7,10-15,17-18H2,1-4H3,(H2,25,26,27). The first kappa shape index (κ1) is 24.1. The summed E-state index contributed by atoms with van der Waals surface area (Å²) < 4.78 is 16.9. The number of methoxy groups -OCH3 is 2. The zero-order valence-electron chi connectivity index (χ0n) is 19.6. The minimum Gasteiger partial charge on any atom is -0.493 e. The van der Waals surface area contributed by atoms with Crippen LogP contribution in [0, 0.1) is 0 Å². The second kappa shape index (κ2) is 11.3. The van der Waals surface area contributed by atoms with Gasteiger partial charge in [0.25, 0.3) is 0 Å². The van der Waals surface area contributed by atoms with Crippen LogP contribution < -0.4 is 20.1 Å². The van der Waals surface area contributed by atoms with Gasteiger partial charge in [-0.2, -0.15) is 11.8 Å². The molecule has 2 N–H and O–H groups in total. The molecular weight excluding hydrogens is 410 g/mol. The first-order valence-electron chi connectivity index (χ1n) is 11.4. The third kappa shape index (κ3) is 5.80. The molecule has 0 unspecified atom stereocenters. The van der Waals surface area contributed by atoms with Gasteiger partial charge < -0.3 is 24.8 Å². The Morgan fingerprint density at radius 2 is 1.68 bits per heavy atom. The van der Waals surface area contributed by atoms with E-state index in [1.54, 1.807) is 14.2 Å². The second-order valence-electron chi connectivity index (χ2n) is 8.69. The fraction of sp³-hybridized carbons (Fsp3) is 0.708. The van der Waals surface area contributed by atoms with Gasteiger partial charge in [0.15, 0.2) is 17.5 Å². The average molecular weight is 450 g/mol. The second-order valence-corrected chi connectivity index (χ2v) is 9.96. The minimum atomic E-state index is 0.0747. The van der Waals surface area contributed by atoms with E-state index < -0.39 is 0 Å². The maximum Gasteiger partial charge on any atom is 0.191 e. The van der Waals surface area contributed by atoms with Crippen molar-refractivity contribution in [1.82, 2.24) is 10.6 Å². The molecule has 7 heteroatoms. The number of thioether (sulfide) groups is 1. The Hall–Kier alpha value is -1.60. The van der Waals surface area contributed by atoms with Gasteiger partial charge in [0.2, 0.25) is 0 Å². The van der Waals surface area contributed by atoms with E-state index in [4.69, 9.17) is 14.2 Å². The number of ether oxygens (including phenoxy) is 3. The Kier molecular flexibility index (Phi) is 8.78. The highest BCUT2D eigenvalue weighted by Crippen LogP contribution is 2.42. The number of hydrogen-bond donors (Lipinski definition) is 2. The van der Waals surface area contributed by atoms with Gasteiger partial charge in [-0.3, -0.25) is 4.99 Å². The molecular formula is C24H39N3O3S. The van der Waals surface area contributed by atoms with Crippen molar-refractivity contribution in [2.75, 3.05) is 53.8 Å². The fourth-order valence-electron chi connectivity index (χ4n) is 4.88. The number of nitrogens with zero attached hydrogens (tertiary/aromatic N) is 1.